The lowest BCUT2D eigenvalue weighted by Crippen LogP contribution is -2.26. The molecule has 0 aromatic heterocycles. The van der Waals surface area contributed by atoms with Crippen LogP contribution >= 0.6 is 11.8 Å². The number of amides is 1. The van der Waals surface area contributed by atoms with Gasteiger partial charge in [0, 0.05) is 0 Å². The average Bonchev–Trinajstić information content (AvgIpc) is 2.72. The summed E-state index contributed by atoms with van der Waals surface area (Å²) < 4.78 is 12.9. The number of carboxylic acids is 1. The van der Waals surface area contributed by atoms with Gasteiger partial charge in [-0.15, -0.1) is 5.10 Å². The second kappa shape index (κ2) is 6.49. The summed E-state index contributed by atoms with van der Waals surface area (Å²) in [5.74, 6) is -1.77. The number of halogens is 1. The van der Waals surface area contributed by atoms with E-state index in [4.69, 9.17) is 5.11 Å². The first kappa shape index (κ1) is 15.2. The first-order valence-electron chi connectivity index (χ1n) is 6.02. The molecule has 1 aromatic rings. The fourth-order valence-corrected chi connectivity index (χ4v) is 2.59. The van der Waals surface area contributed by atoms with E-state index in [1.54, 1.807) is 13.0 Å². The summed E-state index contributed by atoms with van der Waals surface area (Å²) in [6.07, 6.45) is 1.18. The van der Waals surface area contributed by atoms with E-state index < -0.39 is 17.1 Å². The fraction of sp³-hybridized carbons (Fsp3) is 0.231. The Morgan fingerprint density at radius 2 is 2.33 bits per heavy atom. The van der Waals surface area contributed by atoms with Gasteiger partial charge in [0.1, 0.15) is 11.1 Å². The zero-order valence-electron chi connectivity index (χ0n) is 11.0. The number of hydrogen-bond donors (Lipinski definition) is 2. The van der Waals surface area contributed by atoms with Crippen molar-refractivity contribution in [3.8, 4) is 0 Å². The third kappa shape index (κ3) is 4.12. The first-order valence-corrected chi connectivity index (χ1v) is 6.90. The minimum absolute atomic E-state index is 0.252. The van der Waals surface area contributed by atoms with Crippen LogP contribution in [0.4, 0.5) is 4.39 Å². The summed E-state index contributed by atoms with van der Waals surface area (Å²) in [7, 11) is 0. The van der Waals surface area contributed by atoms with E-state index in [0.717, 1.165) is 11.8 Å². The normalized spacial score (nSPS) is 20.2. The van der Waals surface area contributed by atoms with Crippen LogP contribution in [0.25, 0.3) is 0 Å². The summed E-state index contributed by atoms with van der Waals surface area (Å²) in [6.45, 7) is 1.74. The Kier molecular flexibility index (Phi) is 4.69. The van der Waals surface area contributed by atoms with Crippen LogP contribution in [0.15, 0.2) is 28.4 Å². The van der Waals surface area contributed by atoms with Crippen molar-refractivity contribution in [2.45, 2.75) is 18.6 Å². The zero-order chi connectivity index (χ0) is 15.4. The summed E-state index contributed by atoms with van der Waals surface area (Å²) in [5, 5.41) is 18.3. The highest BCUT2D eigenvalue weighted by Gasteiger charge is 2.32. The Morgan fingerprint density at radius 3 is 3.00 bits per heavy atom. The number of aliphatic carboxylic acids is 1. The minimum atomic E-state index is -1.05. The number of amidine groups is 1. The molecule has 1 aromatic carbocycles. The molecule has 1 saturated heterocycles. The lowest BCUT2D eigenvalue weighted by atomic mass is 10.1. The molecule has 1 heterocycles. The number of thioether (sulfide) groups is 1. The summed E-state index contributed by atoms with van der Waals surface area (Å²) in [6, 6.07) is 4.27. The topological polar surface area (TPSA) is 91.1 Å². The van der Waals surface area contributed by atoms with Crippen LogP contribution in [0.1, 0.15) is 17.5 Å². The van der Waals surface area contributed by atoms with Crippen molar-refractivity contribution in [1.29, 1.82) is 0 Å². The van der Waals surface area contributed by atoms with Gasteiger partial charge in [-0.25, -0.2) is 4.39 Å². The van der Waals surface area contributed by atoms with Gasteiger partial charge in [-0.2, -0.15) is 5.10 Å². The molecule has 1 amide bonds. The maximum atomic E-state index is 12.9. The molecular weight excluding hydrogens is 297 g/mol. The van der Waals surface area contributed by atoms with Crippen LogP contribution in [0.2, 0.25) is 0 Å². The molecule has 1 aliphatic rings. The number of nitrogens with zero attached hydrogens (tertiary/aromatic N) is 2. The number of hydrogen-bond acceptors (Lipinski definition) is 5. The van der Waals surface area contributed by atoms with Crippen molar-refractivity contribution in [2.24, 2.45) is 10.2 Å². The number of aryl methyl sites for hydroxylation is 1. The number of rotatable bonds is 4. The zero-order valence-corrected chi connectivity index (χ0v) is 11.9. The van der Waals surface area contributed by atoms with E-state index in [2.05, 4.69) is 15.5 Å². The minimum Gasteiger partial charge on any atom is -0.481 e. The Morgan fingerprint density at radius 1 is 1.57 bits per heavy atom. The average molecular weight is 309 g/mol. The first-order chi connectivity index (χ1) is 9.95. The summed E-state index contributed by atoms with van der Waals surface area (Å²) >= 11 is 1.02. The number of nitrogens with one attached hydrogen (secondary N) is 1. The van der Waals surface area contributed by atoms with E-state index >= 15 is 0 Å². The Balaban J connectivity index is 2.03. The number of carboxylic acid groups (broad SMARTS) is 1. The van der Waals surface area contributed by atoms with Crippen LogP contribution in [0, 0.1) is 12.7 Å². The molecule has 0 saturated carbocycles. The predicted molar refractivity (Wildman–Crippen MR) is 77.9 cm³/mol. The van der Waals surface area contributed by atoms with Crippen molar-refractivity contribution in [3.05, 3.63) is 35.1 Å². The highest BCUT2D eigenvalue weighted by Crippen LogP contribution is 2.22. The maximum absolute atomic E-state index is 12.9. The van der Waals surface area contributed by atoms with Gasteiger partial charge >= 0.3 is 5.97 Å². The van der Waals surface area contributed by atoms with Crippen LogP contribution in [-0.4, -0.2) is 33.6 Å². The van der Waals surface area contributed by atoms with Crippen LogP contribution < -0.4 is 5.32 Å². The van der Waals surface area contributed by atoms with E-state index in [1.165, 1.54) is 18.3 Å². The molecule has 6 nitrogen and oxygen atoms in total. The van der Waals surface area contributed by atoms with Crippen molar-refractivity contribution < 1.29 is 19.1 Å². The third-order valence-corrected chi connectivity index (χ3v) is 3.79. The molecular formula is C13H12FN3O3S. The second-order valence-corrected chi connectivity index (χ2v) is 5.54. The molecule has 0 spiro atoms. The lowest BCUT2D eigenvalue weighted by Gasteiger charge is -1.98. The molecule has 1 unspecified atom stereocenters. The molecule has 0 bridgehead atoms. The molecule has 1 fully saturated rings. The standard InChI is InChI=1S/C13H12FN3O3S/c1-7-4-9(14)3-2-8(7)6-15-17-13-16-12(20)10(21-13)5-11(18)19/h2-4,6,10H,5H2,1H3,(H,18,19)(H,16,17,20). The van der Waals surface area contributed by atoms with Gasteiger partial charge < -0.3 is 10.4 Å². The molecule has 110 valence electrons. The predicted octanol–water partition coefficient (Wildman–Crippen LogP) is 1.53. The Hall–Kier alpha value is -2.22. The molecule has 1 atom stereocenters. The van der Waals surface area contributed by atoms with E-state index in [0.29, 0.717) is 11.1 Å². The molecule has 2 rings (SSSR count). The number of benzene rings is 1. The van der Waals surface area contributed by atoms with Gasteiger partial charge in [-0.3, -0.25) is 9.59 Å². The monoisotopic (exact) mass is 309 g/mol. The molecule has 2 N–H and O–H groups in total. The van der Waals surface area contributed by atoms with E-state index in [-0.39, 0.29) is 17.4 Å². The van der Waals surface area contributed by atoms with E-state index in [1.807, 2.05) is 0 Å². The second-order valence-electron chi connectivity index (χ2n) is 4.34. The van der Waals surface area contributed by atoms with Crippen LogP contribution in [0.5, 0.6) is 0 Å². The largest absolute Gasteiger partial charge is 0.481 e. The Bertz CT molecular complexity index is 646. The van der Waals surface area contributed by atoms with Crippen molar-refractivity contribution in [2.75, 3.05) is 0 Å². The SMILES string of the molecule is Cc1cc(F)ccc1C=NN=C1NC(=O)C(CC(=O)O)S1. The third-order valence-electron chi connectivity index (χ3n) is 2.71. The maximum Gasteiger partial charge on any atom is 0.305 e. The highest BCUT2D eigenvalue weighted by molar-refractivity contribution is 8.15. The molecule has 1 aliphatic heterocycles. The van der Waals surface area contributed by atoms with Crippen molar-refractivity contribution >= 4 is 35.0 Å². The van der Waals surface area contributed by atoms with Gasteiger partial charge in [0.2, 0.25) is 5.91 Å². The number of carbonyl (C=O) groups is 2. The molecule has 0 aliphatic carbocycles. The summed E-state index contributed by atoms with van der Waals surface area (Å²) in [5.41, 5.74) is 1.42. The summed E-state index contributed by atoms with van der Waals surface area (Å²) in [4.78, 5) is 22.1. The van der Waals surface area contributed by atoms with Crippen molar-refractivity contribution in [1.82, 2.24) is 5.32 Å². The smallest absolute Gasteiger partial charge is 0.305 e. The van der Waals surface area contributed by atoms with Crippen LogP contribution in [-0.2, 0) is 9.59 Å². The molecule has 21 heavy (non-hydrogen) atoms. The van der Waals surface area contributed by atoms with Gasteiger partial charge in [0.15, 0.2) is 5.17 Å². The van der Waals surface area contributed by atoms with Crippen molar-refractivity contribution in [3.63, 3.8) is 0 Å². The van der Waals surface area contributed by atoms with E-state index in [9.17, 15) is 14.0 Å². The van der Waals surface area contributed by atoms with Gasteiger partial charge in [0.05, 0.1) is 12.6 Å². The van der Waals surface area contributed by atoms with Gasteiger partial charge in [-0.05, 0) is 30.2 Å². The van der Waals surface area contributed by atoms with Gasteiger partial charge in [0.25, 0.3) is 0 Å². The Labute approximate surface area is 124 Å². The number of carbonyl (C=O) groups excluding carboxylic acids is 1. The lowest BCUT2D eigenvalue weighted by molar-refractivity contribution is -0.138. The fourth-order valence-electron chi connectivity index (χ4n) is 1.67. The van der Waals surface area contributed by atoms with Crippen LogP contribution in [0.3, 0.4) is 0 Å². The highest BCUT2D eigenvalue weighted by atomic mass is 32.2. The quantitative estimate of drug-likeness (QED) is 0.652. The van der Waals surface area contributed by atoms with Gasteiger partial charge in [-0.1, -0.05) is 17.8 Å². The molecule has 8 heteroatoms. The molecule has 0 radical (unpaired) electrons.